The maximum atomic E-state index is 8.90. The minimum Gasteiger partial charge on any atom is -0.396 e. The third kappa shape index (κ3) is 5.20. The van der Waals surface area contributed by atoms with Gasteiger partial charge in [-0.3, -0.25) is 4.90 Å². The Bertz CT molecular complexity index is 169. The summed E-state index contributed by atoms with van der Waals surface area (Å²) in [5.74, 6) is 2.49. The van der Waals surface area contributed by atoms with Gasteiger partial charge in [0.1, 0.15) is 0 Å². The van der Waals surface area contributed by atoms with Crippen molar-refractivity contribution in [3.8, 4) is 0 Å². The van der Waals surface area contributed by atoms with Crippen LogP contribution in [0.2, 0.25) is 0 Å². The van der Waals surface area contributed by atoms with Gasteiger partial charge in [-0.15, -0.1) is 0 Å². The summed E-state index contributed by atoms with van der Waals surface area (Å²) in [4.78, 5) is 2.43. The standard InChI is InChI=1S/C11H23NO2S/c1-3-12-4-5-14-11(6-12)9-15-8-10(2)7-13/h10-11,13H,3-9H2,1-2H3. The van der Waals surface area contributed by atoms with Crippen LogP contribution >= 0.6 is 11.8 Å². The van der Waals surface area contributed by atoms with E-state index in [-0.39, 0.29) is 0 Å². The molecule has 3 nitrogen and oxygen atoms in total. The van der Waals surface area contributed by atoms with Crippen molar-refractivity contribution < 1.29 is 9.84 Å². The fourth-order valence-electron chi connectivity index (χ4n) is 1.62. The smallest absolute Gasteiger partial charge is 0.0792 e. The SMILES string of the molecule is CCN1CCOC(CSCC(C)CO)C1. The fraction of sp³-hybridized carbons (Fsp3) is 1.00. The number of nitrogens with zero attached hydrogens (tertiary/aromatic N) is 1. The molecule has 0 spiro atoms. The zero-order chi connectivity index (χ0) is 11.1. The number of rotatable bonds is 6. The Balaban J connectivity index is 2.10. The molecule has 0 aromatic carbocycles. The Morgan fingerprint density at radius 2 is 2.40 bits per heavy atom. The molecule has 90 valence electrons. The van der Waals surface area contributed by atoms with E-state index in [9.17, 15) is 0 Å². The van der Waals surface area contributed by atoms with Crippen LogP contribution in [0, 0.1) is 5.92 Å². The highest BCUT2D eigenvalue weighted by Gasteiger charge is 2.19. The monoisotopic (exact) mass is 233 g/mol. The number of hydrogen-bond acceptors (Lipinski definition) is 4. The third-order valence-electron chi connectivity index (χ3n) is 2.69. The molecule has 0 aromatic heterocycles. The van der Waals surface area contributed by atoms with Crippen LogP contribution in [-0.4, -0.2) is 60.5 Å². The van der Waals surface area contributed by atoms with Gasteiger partial charge < -0.3 is 9.84 Å². The summed E-state index contributed by atoms with van der Waals surface area (Å²) in [6, 6.07) is 0. The molecule has 1 N–H and O–H groups in total. The molecule has 0 radical (unpaired) electrons. The molecule has 2 atom stereocenters. The highest BCUT2D eigenvalue weighted by atomic mass is 32.2. The van der Waals surface area contributed by atoms with Crippen LogP contribution in [-0.2, 0) is 4.74 Å². The number of likely N-dealkylation sites (N-methyl/N-ethyl adjacent to an activating group) is 1. The number of ether oxygens (including phenoxy) is 1. The molecule has 1 saturated heterocycles. The number of hydrogen-bond donors (Lipinski definition) is 1. The lowest BCUT2D eigenvalue weighted by atomic mass is 10.2. The molecule has 1 fully saturated rings. The van der Waals surface area contributed by atoms with Gasteiger partial charge in [0.15, 0.2) is 0 Å². The van der Waals surface area contributed by atoms with Crippen LogP contribution < -0.4 is 0 Å². The first-order valence-corrected chi connectivity index (χ1v) is 6.94. The number of thioether (sulfide) groups is 1. The average Bonchev–Trinajstić information content (AvgIpc) is 2.29. The summed E-state index contributed by atoms with van der Waals surface area (Å²) < 4.78 is 5.70. The zero-order valence-electron chi connectivity index (χ0n) is 9.82. The van der Waals surface area contributed by atoms with Crippen molar-refractivity contribution in [1.29, 1.82) is 0 Å². The first-order chi connectivity index (χ1) is 7.26. The zero-order valence-corrected chi connectivity index (χ0v) is 10.6. The predicted octanol–water partition coefficient (Wildman–Crippen LogP) is 1.07. The minimum atomic E-state index is 0.291. The predicted molar refractivity (Wildman–Crippen MR) is 65.4 cm³/mol. The Morgan fingerprint density at radius 1 is 1.60 bits per heavy atom. The summed E-state index contributed by atoms with van der Waals surface area (Å²) in [5.41, 5.74) is 0. The summed E-state index contributed by atoms with van der Waals surface area (Å²) in [6.45, 7) is 8.70. The molecular formula is C11H23NO2S. The summed E-state index contributed by atoms with van der Waals surface area (Å²) in [7, 11) is 0. The molecular weight excluding hydrogens is 210 g/mol. The van der Waals surface area contributed by atoms with Gasteiger partial charge in [0.2, 0.25) is 0 Å². The maximum Gasteiger partial charge on any atom is 0.0792 e. The van der Waals surface area contributed by atoms with E-state index in [4.69, 9.17) is 9.84 Å². The third-order valence-corrected chi connectivity index (χ3v) is 4.10. The van der Waals surface area contributed by atoms with Crippen LogP contribution in [0.25, 0.3) is 0 Å². The first kappa shape index (κ1) is 13.3. The van der Waals surface area contributed by atoms with Crippen molar-refractivity contribution in [3.05, 3.63) is 0 Å². The van der Waals surface area contributed by atoms with E-state index in [0.29, 0.717) is 18.6 Å². The molecule has 0 bridgehead atoms. The van der Waals surface area contributed by atoms with E-state index in [2.05, 4.69) is 18.7 Å². The molecule has 1 aliphatic heterocycles. The van der Waals surface area contributed by atoms with Crippen molar-refractivity contribution in [2.24, 2.45) is 5.92 Å². The average molecular weight is 233 g/mol. The number of aliphatic hydroxyl groups is 1. The largest absolute Gasteiger partial charge is 0.396 e. The topological polar surface area (TPSA) is 32.7 Å². The Morgan fingerprint density at radius 3 is 3.07 bits per heavy atom. The van der Waals surface area contributed by atoms with Gasteiger partial charge in [0, 0.05) is 25.4 Å². The molecule has 1 rings (SSSR count). The van der Waals surface area contributed by atoms with Gasteiger partial charge in [-0.1, -0.05) is 13.8 Å². The van der Waals surface area contributed by atoms with Gasteiger partial charge in [0.05, 0.1) is 12.7 Å². The minimum absolute atomic E-state index is 0.291. The van der Waals surface area contributed by atoms with E-state index < -0.39 is 0 Å². The second-order valence-electron chi connectivity index (χ2n) is 4.21. The number of aliphatic hydroxyl groups excluding tert-OH is 1. The van der Waals surface area contributed by atoms with Gasteiger partial charge in [-0.2, -0.15) is 11.8 Å². The molecule has 0 amide bonds. The second kappa shape index (κ2) is 7.49. The Hall–Kier alpha value is 0.230. The van der Waals surface area contributed by atoms with E-state index >= 15 is 0 Å². The molecule has 2 unspecified atom stereocenters. The van der Waals surface area contributed by atoms with Crippen LogP contribution in [0.1, 0.15) is 13.8 Å². The van der Waals surface area contributed by atoms with Gasteiger partial charge in [-0.25, -0.2) is 0 Å². The normalized spacial score (nSPS) is 25.4. The van der Waals surface area contributed by atoms with E-state index in [1.807, 2.05) is 11.8 Å². The highest BCUT2D eigenvalue weighted by Crippen LogP contribution is 2.14. The molecule has 1 aliphatic rings. The second-order valence-corrected chi connectivity index (χ2v) is 5.29. The first-order valence-electron chi connectivity index (χ1n) is 5.78. The lowest BCUT2D eigenvalue weighted by molar-refractivity contribution is -0.0137. The van der Waals surface area contributed by atoms with Crippen LogP contribution in [0.15, 0.2) is 0 Å². The molecule has 0 saturated carbocycles. The van der Waals surface area contributed by atoms with Crippen molar-refractivity contribution in [2.45, 2.75) is 20.0 Å². The molecule has 4 heteroatoms. The lowest BCUT2D eigenvalue weighted by Gasteiger charge is -2.32. The van der Waals surface area contributed by atoms with Crippen LogP contribution in [0.5, 0.6) is 0 Å². The molecule has 15 heavy (non-hydrogen) atoms. The number of morpholine rings is 1. The summed E-state index contributed by atoms with van der Waals surface area (Å²) in [5, 5.41) is 8.90. The van der Waals surface area contributed by atoms with Gasteiger partial charge >= 0.3 is 0 Å². The maximum absolute atomic E-state index is 8.90. The fourth-order valence-corrected chi connectivity index (χ4v) is 2.73. The van der Waals surface area contributed by atoms with Crippen molar-refractivity contribution >= 4 is 11.8 Å². The summed E-state index contributed by atoms with van der Waals surface area (Å²) in [6.07, 6.45) is 0.384. The van der Waals surface area contributed by atoms with E-state index in [1.54, 1.807) is 0 Å². The Labute approximate surface area is 97.2 Å². The van der Waals surface area contributed by atoms with Gasteiger partial charge in [0.25, 0.3) is 0 Å². The van der Waals surface area contributed by atoms with E-state index in [1.165, 1.54) is 0 Å². The molecule has 0 aromatic rings. The highest BCUT2D eigenvalue weighted by molar-refractivity contribution is 7.99. The van der Waals surface area contributed by atoms with Crippen molar-refractivity contribution in [3.63, 3.8) is 0 Å². The van der Waals surface area contributed by atoms with Crippen LogP contribution in [0.3, 0.4) is 0 Å². The quantitative estimate of drug-likeness (QED) is 0.744. The van der Waals surface area contributed by atoms with Crippen LogP contribution in [0.4, 0.5) is 0 Å². The molecule has 0 aliphatic carbocycles. The van der Waals surface area contributed by atoms with E-state index in [0.717, 1.165) is 37.7 Å². The van der Waals surface area contributed by atoms with Gasteiger partial charge in [-0.05, 0) is 18.2 Å². The lowest BCUT2D eigenvalue weighted by Crippen LogP contribution is -2.43. The van der Waals surface area contributed by atoms with Crippen molar-refractivity contribution in [1.82, 2.24) is 4.90 Å². The summed E-state index contributed by atoms with van der Waals surface area (Å²) >= 11 is 1.89. The van der Waals surface area contributed by atoms with Crippen molar-refractivity contribution in [2.75, 3.05) is 44.4 Å². The molecule has 1 heterocycles. The Kier molecular flexibility index (Phi) is 6.64.